The van der Waals surface area contributed by atoms with E-state index in [2.05, 4.69) is 33.3 Å². The van der Waals surface area contributed by atoms with Crippen LogP contribution in [0.3, 0.4) is 0 Å². The van der Waals surface area contributed by atoms with Crippen LogP contribution in [0.15, 0.2) is 67.5 Å². The Hall–Kier alpha value is -4.88. The Morgan fingerprint density at radius 1 is 1.14 bits per heavy atom. The first-order valence-electron chi connectivity index (χ1n) is 14.2. The van der Waals surface area contributed by atoms with Crippen molar-refractivity contribution in [1.29, 1.82) is 0 Å². The van der Waals surface area contributed by atoms with Gasteiger partial charge in [-0.25, -0.2) is 14.4 Å². The number of rotatable bonds is 6. The molecule has 2 fully saturated rings. The highest BCUT2D eigenvalue weighted by Gasteiger charge is 2.45. The van der Waals surface area contributed by atoms with Crippen molar-refractivity contribution in [3.63, 3.8) is 0 Å². The molecule has 43 heavy (non-hydrogen) atoms. The molecule has 0 spiro atoms. The lowest BCUT2D eigenvalue weighted by molar-refractivity contribution is -0.128. The zero-order valence-corrected chi connectivity index (χ0v) is 24.2. The van der Waals surface area contributed by atoms with E-state index in [9.17, 15) is 4.79 Å². The van der Waals surface area contributed by atoms with Gasteiger partial charge in [-0.1, -0.05) is 36.8 Å². The molecule has 2 aliphatic heterocycles. The zero-order chi connectivity index (χ0) is 30.1. The molecule has 4 aromatic rings. The maximum absolute atomic E-state index is 15.8. The van der Waals surface area contributed by atoms with E-state index in [1.807, 2.05) is 60.1 Å². The van der Waals surface area contributed by atoms with Gasteiger partial charge in [0.1, 0.15) is 29.2 Å². The summed E-state index contributed by atoms with van der Waals surface area (Å²) in [6.45, 7) is 5.31. The third kappa shape index (κ3) is 5.40. The van der Waals surface area contributed by atoms with Crippen LogP contribution in [-0.2, 0) is 11.8 Å². The number of carbonyl (C=O) groups is 1. The highest BCUT2D eigenvalue weighted by molar-refractivity contribution is 6.03. The number of amides is 1. The number of nitrogens with zero attached hydrogens (tertiary/aromatic N) is 5. The van der Waals surface area contributed by atoms with E-state index in [1.54, 1.807) is 12.0 Å². The molecule has 2 aromatic carbocycles. The number of halogens is 1. The summed E-state index contributed by atoms with van der Waals surface area (Å²) < 4.78 is 29.4. The number of hydrogen-bond acceptors (Lipinski definition) is 7. The minimum atomic E-state index is -1.65. The van der Waals surface area contributed by atoms with Gasteiger partial charge in [-0.3, -0.25) is 9.69 Å². The molecule has 2 aromatic heterocycles. The number of nitrogen functional groups attached to an aromatic ring is 1. The Morgan fingerprint density at radius 2 is 1.88 bits per heavy atom. The van der Waals surface area contributed by atoms with Gasteiger partial charge in [-0.15, -0.1) is 0 Å². The molecule has 9 nitrogen and oxygen atoms in total. The van der Waals surface area contributed by atoms with Crippen LogP contribution in [0, 0.1) is 11.8 Å². The molecule has 6 rings (SSSR count). The summed E-state index contributed by atoms with van der Waals surface area (Å²) in [5, 5.41) is 0.636. The molecule has 1 amide bonds. The summed E-state index contributed by atoms with van der Waals surface area (Å²) in [7, 11) is 3.41. The Morgan fingerprint density at radius 3 is 2.58 bits per heavy atom. The fourth-order valence-electron chi connectivity index (χ4n) is 5.91. The van der Waals surface area contributed by atoms with Gasteiger partial charge in [-0.05, 0) is 54.7 Å². The first-order valence-corrected chi connectivity index (χ1v) is 14.2. The lowest BCUT2D eigenvalue weighted by atomic mass is 9.91. The third-order valence-corrected chi connectivity index (χ3v) is 8.20. The van der Waals surface area contributed by atoms with Crippen LogP contribution in [0.25, 0.3) is 22.2 Å². The monoisotopic (exact) mass is 580 g/mol. The van der Waals surface area contributed by atoms with Gasteiger partial charge in [-0.2, -0.15) is 0 Å². The van der Waals surface area contributed by atoms with Crippen molar-refractivity contribution >= 4 is 22.8 Å². The van der Waals surface area contributed by atoms with Gasteiger partial charge in [0.25, 0.3) is 0 Å². The van der Waals surface area contributed by atoms with E-state index in [-0.39, 0.29) is 25.0 Å². The molecule has 0 saturated carbocycles. The van der Waals surface area contributed by atoms with Crippen molar-refractivity contribution in [2.24, 2.45) is 7.05 Å². The standard InChI is InChI=1S/C33H33FN6O3/c1-4-28(41)39-16-13-23(14-17-39)40-19-33(34,20-40)15-12-25-29(30-31(35)36-21-37-32(30)38(25)2)22-10-11-26(27(18-22)42-3)43-24-8-6-5-7-9-24/h4-11,18,21,23H,1,13-14,16-17,19-20H2,2-3H3,(H2,35,36,37). The number of piperidine rings is 1. The SMILES string of the molecule is C=CC(=O)N1CCC(N2CC(F)(C#Cc3c(-c4ccc(Oc5ccccc5)c(OC)c4)c4c(N)ncnc4n3C)C2)CC1. The molecule has 220 valence electrons. The van der Waals surface area contributed by atoms with E-state index in [0.717, 1.165) is 18.4 Å². The minimum Gasteiger partial charge on any atom is -0.493 e. The zero-order valence-electron chi connectivity index (χ0n) is 24.2. The number of anilines is 1. The number of likely N-dealkylation sites (tertiary alicyclic amines) is 2. The normalized spacial score (nSPS) is 16.7. The average Bonchev–Trinajstić information content (AvgIpc) is 3.31. The number of para-hydroxylation sites is 1. The van der Waals surface area contributed by atoms with Crippen molar-refractivity contribution < 1.29 is 18.7 Å². The number of methoxy groups -OCH3 is 1. The highest BCUT2D eigenvalue weighted by atomic mass is 19.1. The second-order valence-electron chi connectivity index (χ2n) is 10.9. The van der Waals surface area contributed by atoms with Gasteiger partial charge < -0.3 is 24.7 Å². The molecule has 0 aliphatic carbocycles. The summed E-state index contributed by atoms with van der Waals surface area (Å²) >= 11 is 0. The van der Waals surface area contributed by atoms with Gasteiger partial charge in [0.05, 0.1) is 12.5 Å². The number of carbonyl (C=O) groups excluding carboxylic acids is 1. The van der Waals surface area contributed by atoms with E-state index >= 15 is 4.39 Å². The van der Waals surface area contributed by atoms with E-state index in [0.29, 0.717) is 58.4 Å². The minimum absolute atomic E-state index is 0.0557. The van der Waals surface area contributed by atoms with Crippen LogP contribution in [0.5, 0.6) is 17.2 Å². The lowest BCUT2D eigenvalue weighted by Gasteiger charge is -2.48. The molecule has 0 bridgehead atoms. The maximum Gasteiger partial charge on any atom is 0.245 e. The Balaban J connectivity index is 1.29. The molecule has 0 unspecified atom stereocenters. The molecule has 0 radical (unpaired) electrons. The van der Waals surface area contributed by atoms with Crippen molar-refractivity contribution in [3.8, 4) is 40.2 Å². The molecular formula is C33H33FN6O3. The Kier molecular flexibility index (Phi) is 7.50. The molecule has 0 atom stereocenters. The fraction of sp³-hybridized carbons (Fsp3) is 0.303. The molecular weight excluding hydrogens is 547 g/mol. The van der Waals surface area contributed by atoms with Crippen LogP contribution in [-0.4, -0.2) is 75.2 Å². The quantitative estimate of drug-likeness (QED) is 0.264. The third-order valence-electron chi connectivity index (χ3n) is 8.20. The second kappa shape index (κ2) is 11.4. The van der Waals surface area contributed by atoms with Crippen molar-refractivity contribution in [3.05, 3.63) is 73.2 Å². The number of fused-ring (bicyclic) bond motifs is 1. The predicted octanol–water partition coefficient (Wildman–Crippen LogP) is 4.57. The average molecular weight is 581 g/mol. The highest BCUT2D eigenvalue weighted by Crippen LogP contribution is 2.41. The predicted molar refractivity (Wildman–Crippen MR) is 164 cm³/mol. The van der Waals surface area contributed by atoms with Gasteiger partial charge >= 0.3 is 0 Å². The topological polar surface area (TPSA) is 98.7 Å². The van der Waals surface area contributed by atoms with Crippen LogP contribution in [0.1, 0.15) is 18.5 Å². The van der Waals surface area contributed by atoms with Crippen LogP contribution < -0.4 is 15.2 Å². The second-order valence-corrected chi connectivity index (χ2v) is 10.9. The largest absolute Gasteiger partial charge is 0.493 e. The van der Waals surface area contributed by atoms with Gasteiger partial charge in [0, 0.05) is 44.8 Å². The summed E-state index contributed by atoms with van der Waals surface area (Å²) in [4.78, 5) is 24.5. The number of benzene rings is 2. The van der Waals surface area contributed by atoms with Gasteiger partial charge in [0.2, 0.25) is 5.91 Å². The van der Waals surface area contributed by atoms with Crippen LogP contribution in [0.2, 0.25) is 0 Å². The summed E-state index contributed by atoms with van der Waals surface area (Å²) in [5.41, 5.74) is 7.34. The van der Waals surface area contributed by atoms with E-state index in [4.69, 9.17) is 15.2 Å². The molecule has 4 heterocycles. The number of nitrogens with two attached hydrogens (primary N) is 1. The molecule has 2 aliphatic rings. The summed E-state index contributed by atoms with van der Waals surface area (Å²) in [6.07, 6.45) is 4.36. The summed E-state index contributed by atoms with van der Waals surface area (Å²) in [5.74, 6) is 8.05. The first kappa shape index (κ1) is 28.2. The summed E-state index contributed by atoms with van der Waals surface area (Å²) in [6, 6.07) is 15.2. The fourth-order valence-corrected chi connectivity index (χ4v) is 5.91. The number of alkyl halides is 1. The maximum atomic E-state index is 15.8. The first-order chi connectivity index (χ1) is 20.8. The lowest BCUT2D eigenvalue weighted by Crippen LogP contribution is -2.63. The van der Waals surface area contributed by atoms with Gasteiger partial charge in [0.15, 0.2) is 17.2 Å². The van der Waals surface area contributed by atoms with Crippen molar-refractivity contribution in [2.75, 3.05) is 39.0 Å². The number of ether oxygens (including phenoxy) is 2. The van der Waals surface area contributed by atoms with Crippen LogP contribution in [0.4, 0.5) is 10.2 Å². The Labute approximate surface area is 249 Å². The van der Waals surface area contributed by atoms with E-state index in [1.165, 1.54) is 12.4 Å². The van der Waals surface area contributed by atoms with Crippen molar-refractivity contribution in [1.82, 2.24) is 24.3 Å². The van der Waals surface area contributed by atoms with Crippen LogP contribution >= 0.6 is 0 Å². The number of hydrogen-bond donors (Lipinski definition) is 1. The molecule has 2 saturated heterocycles. The molecule has 2 N–H and O–H groups in total. The number of aryl methyl sites for hydroxylation is 1. The van der Waals surface area contributed by atoms with E-state index < -0.39 is 5.67 Å². The number of aromatic nitrogens is 3. The van der Waals surface area contributed by atoms with Crippen molar-refractivity contribution in [2.45, 2.75) is 24.6 Å². The Bertz CT molecular complexity index is 1750. The molecule has 10 heteroatoms. The smallest absolute Gasteiger partial charge is 0.245 e.